The van der Waals surface area contributed by atoms with E-state index in [1.807, 2.05) is 5.32 Å². The number of aromatic nitrogens is 2. The standard InChI is InChI=1S/C14H8Cl3F3N2O.C13H4Cl2F6N4O4/c15-8-2-1-3-9(16)12(8)13(23)22-6-11-10(17)4-7(5-21-11)14(18,19)20;14-6-1-4(12(16,17)18)3-22-11(6)23-9-7(24(26)27)2-5(13(19,20)21)8(15)10(9)25(28)29/h1-5H,6H2,(H,22,23);1-3H,(H,22,23). The number of hydrogen-bond acceptors (Lipinski definition) is 8. The van der Waals surface area contributed by atoms with Crippen molar-refractivity contribution >= 4 is 86.8 Å². The highest BCUT2D eigenvalue weighted by atomic mass is 35.5. The summed E-state index contributed by atoms with van der Waals surface area (Å²) in [4.78, 5) is 38.6. The molecule has 1 amide bonds. The predicted octanol–water partition coefficient (Wildman–Crippen LogP) is 11.0. The highest BCUT2D eigenvalue weighted by Gasteiger charge is 2.42. The molecule has 2 aromatic heterocycles. The number of amides is 1. The van der Waals surface area contributed by atoms with Gasteiger partial charge in [0, 0.05) is 18.5 Å². The van der Waals surface area contributed by atoms with Gasteiger partial charge in [-0.1, -0.05) is 64.1 Å². The lowest BCUT2D eigenvalue weighted by Crippen LogP contribution is -2.24. The van der Waals surface area contributed by atoms with Crippen LogP contribution in [0.25, 0.3) is 0 Å². The monoisotopic (exact) mass is 846 g/mol. The fourth-order valence-corrected chi connectivity index (χ4v) is 5.14. The number of nitro groups is 2. The maximum absolute atomic E-state index is 13.0. The molecule has 4 rings (SSSR count). The van der Waals surface area contributed by atoms with Crippen LogP contribution in [-0.2, 0) is 25.1 Å². The van der Waals surface area contributed by atoms with Crippen LogP contribution in [0.4, 0.5) is 62.4 Å². The largest absolute Gasteiger partial charge is 0.418 e. The molecule has 52 heavy (non-hydrogen) atoms. The zero-order chi connectivity index (χ0) is 39.5. The summed E-state index contributed by atoms with van der Waals surface area (Å²) in [5.41, 5.74) is -8.07. The average molecular weight is 849 g/mol. The molecule has 0 aliphatic rings. The SMILES string of the molecule is O=C(NCc1ncc(C(F)(F)F)cc1Cl)c1c(Cl)cccc1Cl.O=[N+]([O-])c1cc(C(F)(F)F)c(Cl)c([N+](=O)[O-])c1Nc1ncc(C(F)(F)F)cc1Cl. The molecule has 0 saturated heterocycles. The molecule has 2 aromatic carbocycles. The average Bonchev–Trinajstić information content (AvgIpc) is 2.99. The second-order valence-corrected chi connectivity index (χ2v) is 11.6. The van der Waals surface area contributed by atoms with E-state index >= 15 is 0 Å². The lowest BCUT2D eigenvalue weighted by molar-refractivity contribution is -0.392. The number of carbonyl (C=O) groups is 1. The van der Waals surface area contributed by atoms with Crippen LogP contribution < -0.4 is 10.6 Å². The van der Waals surface area contributed by atoms with Gasteiger partial charge in [-0.25, -0.2) is 4.98 Å². The topological polar surface area (TPSA) is 153 Å². The lowest BCUT2D eigenvalue weighted by Gasteiger charge is -2.14. The minimum Gasteiger partial charge on any atom is -0.346 e. The van der Waals surface area contributed by atoms with Crippen LogP contribution in [0.1, 0.15) is 32.7 Å². The number of halogens is 14. The molecule has 0 atom stereocenters. The van der Waals surface area contributed by atoms with E-state index in [2.05, 4.69) is 15.3 Å². The molecule has 0 aliphatic carbocycles. The van der Waals surface area contributed by atoms with E-state index in [-0.39, 0.29) is 45.1 Å². The van der Waals surface area contributed by atoms with Gasteiger partial charge in [0.25, 0.3) is 5.91 Å². The van der Waals surface area contributed by atoms with Gasteiger partial charge in [-0.05, 0) is 24.3 Å². The molecule has 2 heterocycles. The quantitative estimate of drug-likeness (QED) is 0.106. The Morgan fingerprint density at radius 3 is 1.69 bits per heavy atom. The summed E-state index contributed by atoms with van der Waals surface area (Å²) >= 11 is 28.6. The predicted molar refractivity (Wildman–Crippen MR) is 169 cm³/mol. The molecule has 0 saturated carbocycles. The molecule has 4 aromatic rings. The molecule has 25 heteroatoms. The minimum atomic E-state index is -5.27. The van der Waals surface area contributed by atoms with E-state index in [1.54, 1.807) is 6.07 Å². The summed E-state index contributed by atoms with van der Waals surface area (Å²) in [6, 6.07) is 5.61. The van der Waals surface area contributed by atoms with Crippen molar-refractivity contribution in [3.63, 3.8) is 0 Å². The van der Waals surface area contributed by atoms with Crippen LogP contribution in [-0.4, -0.2) is 25.7 Å². The Kier molecular flexibility index (Phi) is 13.0. The summed E-state index contributed by atoms with van der Waals surface area (Å²) < 4.78 is 115. The number of pyridine rings is 2. The molecular formula is C27H12Cl5F9N6O5. The summed E-state index contributed by atoms with van der Waals surface area (Å²) in [7, 11) is 0. The highest BCUT2D eigenvalue weighted by molar-refractivity contribution is 6.39. The number of carbonyl (C=O) groups excluding carboxylic acids is 1. The number of alkyl halides is 9. The summed E-state index contributed by atoms with van der Waals surface area (Å²) in [6.07, 6.45) is -13.7. The Hall–Kier alpha value is -4.37. The first-order chi connectivity index (χ1) is 23.8. The molecule has 0 bridgehead atoms. The van der Waals surface area contributed by atoms with Crippen molar-refractivity contribution < 1.29 is 54.2 Å². The van der Waals surface area contributed by atoms with Crippen molar-refractivity contribution in [2.24, 2.45) is 0 Å². The molecule has 0 unspecified atom stereocenters. The van der Waals surface area contributed by atoms with Crippen LogP contribution in [0, 0.1) is 20.2 Å². The number of nitro benzene ring substituents is 2. The Bertz CT molecular complexity index is 2030. The van der Waals surface area contributed by atoms with E-state index in [4.69, 9.17) is 58.0 Å². The zero-order valence-electron chi connectivity index (χ0n) is 24.4. The van der Waals surface area contributed by atoms with Gasteiger partial charge in [-0.15, -0.1) is 0 Å². The number of rotatable bonds is 7. The van der Waals surface area contributed by atoms with Gasteiger partial charge in [0.2, 0.25) is 0 Å². The third-order valence-corrected chi connectivity index (χ3v) is 7.79. The van der Waals surface area contributed by atoms with Crippen LogP contribution in [0.3, 0.4) is 0 Å². The molecule has 0 fully saturated rings. The Morgan fingerprint density at radius 2 is 1.25 bits per heavy atom. The van der Waals surface area contributed by atoms with E-state index in [0.29, 0.717) is 12.3 Å². The van der Waals surface area contributed by atoms with Crippen LogP contribution >= 0.6 is 58.0 Å². The first-order valence-electron chi connectivity index (χ1n) is 13.0. The molecular weight excluding hydrogens is 837 g/mol. The normalized spacial score (nSPS) is 11.7. The van der Waals surface area contributed by atoms with Crippen LogP contribution in [0.15, 0.2) is 48.8 Å². The first kappa shape index (κ1) is 42.0. The Balaban J connectivity index is 0.000000288. The second-order valence-electron chi connectivity index (χ2n) is 9.60. The molecule has 2 N–H and O–H groups in total. The Morgan fingerprint density at radius 1 is 0.731 bits per heavy atom. The van der Waals surface area contributed by atoms with Crippen molar-refractivity contribution in [3.05, 3.63) is 122 Å². The van der Waals surface area contributed by atoms with Crippen molar-refractivity contribution in [3.8, 4) is 0 Å². The van der Waals surface area contributed by atoms with Crippen LogP contribution in [0.5, 0.6) is 0 Å². The maximum atomic E-state index is 13.0. The van der Waals surface area contributed by atoms with Crippen molar-refractivity contribution in [2.75, 3.05) is 5.32 Å². The van der Waals surface area contributed by atoms with Gasteiger partial charge < -0.3 is 10.6 Å². The Labute approximate surface area is 307 Å². The molecule has 0 radical (unpaired) electrons. The number of benzene rings is 2. The van der Waals surface area contributed by atoms with E-state index < -0.39 is 83.9 Å². The van der Waals surface area contributed by atoms with E-state index in [9.17, 15) is 64.5 Å². The second kappa shape index (κ2) is 16.1. The number of nitrogens with zero attached hydrogens (tertiary/aromatic N) is 4. The first-order valence-corrected chi connectivity index (χ1v) is 14.9. The summed E-state index contributed by atoms with van der Waals surface area (Å²) in [5.74, 6) is -1.31. The van der Waals surface area contributed by atoms with E-state index in [0.717, 1.165) is 6.07 Å². The molecule has 278 valence electrons. The fourth-order valence-electron chi connectivity index (χ4n) is 3.80. The summed E-state index contributed by atoms with van der Waals surface area (Å²) in [5, 5.41) is 24.7. The maximum Gasteiger partial charge on any atom is 0.418 e. The van der Waals surface area contributed by atoms with Gasteiger partial charge in [0.1, 0.15) is 10.8 Å². The van der Waals surface area contributed by atoms with Gasteiger partial charge in [-0.2, -0.15) is 39.5 Å². The molecule has 0 spiro atoms. The number of hydrogen-bond donors (Lipinski definition) is 2. The van der Waals surface area contributed by atoms with Crippen molar-refractivity contribution in [1.82, 2.24) is 15.3 Å². The smallest absolute Gasteiger partial charge is 0.346 e. The third kappa shape index (κ3) is 10.1. The minimum absolute atomic E-state index is 0.0599. The zero-order valence-corrected chi connectivity index (χ0v) is 28.2. The van der Waals surface area contributed by atoms with Crippen LogP contribution in [0.2, 0.25) is 25.1 Å². The lowest BCUT2D eigenvalue weighted by atomic mass is 10.1. The van der Waals surface area contributed by atoms with Gasteiger partial charge in [-0.3, -0.25) is 30.0 Å². The highest BCUT2D eigenvalue weighted by Crippen LogP contribution is 2.48. The number of nitrogens with one attached hydrogen (secondary N) is 2. The van der Waals surface area contributed by atoms with E-state index in [1.165, 1.54) is 12.1 Å². The van der Waals surface area contributed by atoms with Gasteiger partial charge >= 0.3 is 29.9 Å². The fraction of sp³-hybridized carbons (Fsp3) is 0.148. The van der Waals surface area contributed by atoms with Gasteiger partial charge in [0.15, 0.2) is 5.69 Å². The van der Waals surface area contributed by atoms with Crippen molar-refractivity contribution in [1.29, 1.82) is 0 Å². The third-order valence-electron chi connectivity index (χ3n) is 6.17. The van der Waals surface area contributed by atoms with Crippen molar-refractivity contribution in [2.45, 2.75) is 25.1 Å². The summed E-state index contributed by atoms with van der Waals surface area (Å²) in [6.45, 7) is -0.169. The number of anilines is 2. The van der Waals surface area contributed by atoms with Gasteiger partial charge in [0.05, 0.1) is 64.4 Å². The molecule has 11 nitrogen and oxygen atoms in total. The molecule has 0 aliphatic heterocycles.